The lowest BCUT2D eigenvalue weighted by Gasteiger charge is -2.20. The molecule has 1 N–H and O–H groups in total. The van der Waals surface area contributed by atoms with Crippen molar-refractivity contribution in [1.82, 2.24) is 0 Å². The van der Waals surface area contributed by atoms with Crippen LogP contribution in [-0.2, 0) is 11.2 Å². The van der Waals surface area contributed by atoms with E-state index < -0.39 is 6.10 Å². The van der Waals surface area contributed by atoms with Gasteiger partial charge >= 0.3 is 0 Å². The molecule has 1 aromatic carbocycles. The third-order valence-corrected chi connectivity index (χ3v) is 2.74. The van der Waals surface area contributed by atoms with Crippen LogP contribution in [0.2, 0.25) is 0 Å². The van der Waals surface area contributed by atoms with E-state index in [1.54, 1.807) is 0 Å². The summed E-state index contributed by atoms with van der Waals surface area (Å²) in [4.78, 5) is 12.5. The maximum Gasteiger partial charge on any atom is 0.214 e. The first-order chi connectivity index (χ1) is 8.71. The minimum absolute atomic E-state index is 0.327. The van der Waals surface area contributed by atoms with Crippen molar-refractivity contribution >= 4 is 12.1 Å². The van der Waals surface area contributed by atoms with E-state index in [1.165, 1.54) is 4.90 Å². The van der Waals surface area contributed by atoms with Gasteiger partial charge in [-0.1, -0.05) is 25.0 Å². The number of benzene rings is 1. The number of rotatable bonds is 6. The second-order valence-corrected chi connectivity index (χ2v) is 4.09. The smallest absolute Gasteiger partial charge is 0.214 e. The standard InChI is InChI=1S/C15H19NO2/c1-3-5-6-13-7-9-14(10-8-13)16(12-17)11-15(18)4-2/h7-10,12,15,18H,4,6,11H2,1-2H3. The fourth-order valence-corrected chi connectivity index (χ4v) is 1.56. The summed E-state index contributed by atoms with van der Waals surface area (Å²) in [7, 11) is 0. The van der Waals surface area contributed by atoms with Gasteiger partial charge in [0, 0.05) is 12.1 Å². The molecule has 3 nitrogen and oxygen atoms in total. The average molecular weight is 245 g/mol. The Bertz CT molecular complexity index is 428. The Hall–Kier alpha value is -1.79. The van der Waals surface area contributed by atoms with E-state index in [1.807, 2.05) is 38.1 Å². The highest BCUT2D eigenvalue weighted by atomic mass is 16.3. The molecule has 0 aliphatic heterocycles. The van der Waals surface area contributed by atoms with Gasteiger partial charge in [0.1, 0.15) is 0 Å². The molecule has 0 bridgehead atoms. The predicted octanol–water partition coefficient (Wildman–Crippen LogP) is 1.99. The lowest BCUT2D eigenvalue weighted by molar-refractivity contribution is -0.107. The molecule has 0 saturated heterocycles. The lowest BCUT2D eigenvalue weighted by Crippen LogP contribution is -2.30. The average Bonchev–Trinajstić information content (AvgIpc) is 2.42. The van der Waals surface area contributed by atoms with Gasteiger partial charge < -0.3 is 10.0 Å². The molecular formula is C15H19NO2. The largest absolute Gasteiger partial charge is 0.391 e. The van der Waals surface area contributed by atoms with Crippen molar-refractivity contribution < 1.29 is 9.90 Å². The van der Waals surface area contributed by atoms with Gasteiger partial charge in [0.05, 0.1) is 12.6 Å². The first-order valence-electron chi connectivity index (χ1n) is 6.09. The zero-order valence-corrected chi connectivity index (χ0v) is 10.9. The minimum Gasteiger partial charge on any atom is -0.391 e. The van der Waals surface area contributed by atoms with Crippen LogP contribution in [0.5, 0.6) is 0 Å². The number of aliphatic hydroxyl groups is 1. The first-order valence-corrected chi connectivity index (χ1v) is 6.09. The normalized spacial score (nSPS) is 11.3. The Morgan fingerprint density at radius 2 is 2.06 bits per heavy atom. The molecule has 0 aromatic heterocycles. The quantitative estimate of drug-likeness (QED) is 0.615. The summed E-state index contributed by atoms with van der Waals surface area (Å²) in [6.07, 6.45) is 1.62. The van der Waals surface area contributed by atoms with Gasteiger partial charge in [0.25, 0.3) is 0 Å². The zero-order valence-electron chi connectivity index (χ0n) is 10.9. The van der Waals surface area contributed by atoms with E-state index in [0.717, 1.165) is 24.1 Å². The summed E-state index contributed by atoms with van der Waals surface area (Å²) < 4.78 is 0. The Labute approximate surface area is 108 Å². The fourth-order valence-electron chi connectivity index (χ4n) is 1.56. The number of hydrogen-bond acceptors (Lipinski definition) is 2. The van der Waals surface area contributed by atoms with Crippen LogP contribution in [0.25, 0.3) is 0 Å². The van der Waals surface area contributed by atoms with E-state index in [-0.39, 0.29) is 0 Å². The molecule has 1 unspecified atom stereocenters. The minimum atomic E-state index is -0.485. The molecule has 0 heterocycles. The SMILES string of the molecule is CC#CCc1ccc(N(C=O)CC(O)CC)cc1. The van der Waals surface area contributed by atoms with Crippen LogP contribution in [-0.4, -0.2) is 24.2 Å². The van der Waals surface area contributed by atoms with Gasteiger partial charge in [-0.25, -0.2) is 0 Å². The van der Waals surface area contributed by atoms with Crippen molar-refractivity contribution in [3.63, 3.8) is 0 Å². The number of amides is 1. The van der Waals surface area contributed by atoms with E-state index in [4.69, 9.17) is 0 Å². The molecule has 3 heteroatoms. The molecule has 18 heavy (non-hydrogen) atoms. The zero-order chi connectivity index (χ0) is 13.4. The summed E-state index contributed by atoms with van der Waals surface area (Å²) in [5, 5.41) is 9.57. The maximum absolute atomic E-state index is 11.0. The topological polar surface area (TPSA) is 40.5 Å². The van der Waals surface area contributed by atoms with Gasteiger partial charge in [-0.15, -0.1) is 5.92 Å². The van der Waals surface area contributed by atoms with Crippen molar-refractivity contribution in [1.29, 1.82) is 0 Å². The van der Waals surface area contributed by atoms with E-state index in [2.05, 4.69) is 11.8 Å². The van der Waals surface area contributed by atoms with E-state index in [9.17, 15) is 9.90 Å². The van der Waals surface area contributed by atoms with Gasteiger partial charge in [0.2, 0.25) is 6.41 Å². The van der Waals surface area contributed by atoms with Crippen molar-refractivity contribution in [3.8, 4) is 11.8 Å². The molecular weight excluding hydrogens is 226 g/mol. The van der Waals surface area contributed by atoms with Gasteiger partial charge in [0.15, 0.2) is 0 Å². The van der Waals surface area contributed by atoms with Crippen molar-refractivity contribution in [2.24, 2.45) is 0 Å². The molecule has 0 aliphatic carbocycles. The third kappa shape index (κ3) is 4.23. The van der Waals surface area contributed by atoms with Crippen LogP contribution >= 0.6 is 0 Å². The van der Waals surface area contributed by atoms with Crippen LogP contribution in [0.4, 0.5) is 5.69 Å². The number of carbonyl (C=O) groups excluding carboxylic acids is 1. The van der Waals surface area contributed by atoms with Crippen molar-refractivity contribution in [2.75, 3.05) is 11.4 Å². The van der Waals surface area contributed by atoms with Crippen LogP contribution in [0.1, 0.15) is 25.8 Å². The fraction of sp³-hybridized carbons (Fsp3) is 0.400. The highest BCUT2D eigenvalue weighted by Gasteiger charge is 2.09. The number of aliphatic hydroxyl groups excluding tert-OH is 1. The number of nitrogens with zero attached hydrogens (tertiary/aromatic N) is 1. The Balaban J connectivity index is 2.74. The third-order valence-electron chi connectivity index (χ3n) is 2.74. The molecule has 0 saturated carbocycles. The number of hydrogen-bond donors (Lipinski definition) is 1. The molecule has 0 aliphatic rings. The lowest BCUT2D eigenvalue weighted by atomic mass is 10.1. The second-order valence-electron chi connectivity index (χ2n) is 4.09. The van der Waals surface area contributed by atoms with Gasteiger partial charge in [-0.3, -0.25) is 4.79 Å². The summed E-state index contributed by atoms with van der Waals surface area (Å²) in [6.45, 7) is 4.03. The van der Waals surface area contributed by atoms with Crippen LogP contribution in [0.15, 0.2) is 24.3 Å². The summed E-state index contributed by atoms with van der Waals surface area (Å²) in [5.74, 6) is 5.84. The molecule has 0 radical (unpaired) electrons. The first kappa shape index (κ1) is 14.3. The van der Waals surface area contributed by atoms with Crippen molar-refractivity contribution in [3.05, 3.63) is 29.8 Å². The van der Waals surface area contributed by atoms with Crippen LogP contribution in [0, 0.1) is 11.8 Å². The molecule has 96 valence electrons. The Kier molecular flexibility index (Phi) is 5.96. The van der Waals surface area contributed by atoms with E-state index >= 15 is 0 Å². The molecule has 0 spiro atoms. The Morgan fingerprint density at radius 1 is 1.39 bits per heavy atom. The Morgan fingerprint density at radius 3 is 2.56 bits per heavy atom. The van der Waals surface area contributed by atoms with E-state index in [0.29, 0.717) is 13.0 Å². The highest BCUT2D eigenvalue weighted by molar-refractivity contribution is 5.75. The molecule has 1 aromatic rings. The predicted molar refractivity (Wildman–Crippen MR) is 73.3 cm³/mol. The number of anilines is 1. The molecule has 0 fully saturated rings. The molecule has 1 atom stereocenters. The van der Waals surface area contributed by atoms with Crippen molar-refractivity contribution in [2.45, 2.75) is 32.8 Å². The summed E-state index contributed by atoms with van der Waals surface area (Å²) in [5.41, 5.74) is 1.92. The maximum atomic E-state index is 11.0. The monoisotopic (exact) mass is 245 g/mol. The highest BCUT2D eigenvalue weighted by Crippen LogP contribution is 2.15. The van der Waals surface area contributed by atoms with Crippen LogP contribution < -0.4 is 4.90 Å². The van der Waals surface area contributed by atoms with Gasteiger partial charge in [-0.2, -0.15) is 0 Å². The second kappa shape index (κ2) is 7.52. The summed E-state index contributed by atoms with van der Waals surface area (Å²) >= 11 is 0. The number of carbonyl (C=O) groups is 1. The molecule has 1 amide bonds. The van der Waals surface area contributed by atoms with Gasteiger partial charge in [-0.05, 0) is 31.0 Å². The van der Waals surface area contributed by atoms with Crippen LogP contribution in [0.3, 0.4) is 0 Å². The molecule has 1 rings (SSSR count). The summed E-state index contributed by atoms with van der Waals surface area (Å²) in [6, 6.07) is 7.66.